The third-order valence-corrected chi connectivity index (χ3v) is 4.26. The molecular weight excluding hydrogens is 232 g/mol. The van der Waals surface area contributed by atoms with E-state index in [0.717, 1.165) is 17.7 Å². The first-order chi connectivity index (χ1) is 8.56. The van der Waals surface area contributed by atoms with Gasteiger partial charge in [0, 0.05) is 17.5 Å². The maximum Gasteiger partial charge on any atom is 0.314 e. The zero-order valence-electron chi connectivity index (χ0n) is 10.3. The second-order valence-corrected chi connectivity index (χ2v) is 5.23. The number of carboxylic acids is 1. The molecule has 1 aliphatic carbocycles. The Kier molecular flexibility index (Phi) is 2.30. The van der Waals surface area contributed by atoms with Crippen LogP contribution in [-0.2, 0) is 16.6 Å². The lowest BCUT2D eigenvalue weighted by molar-refractivity contribution is -0.147. The molecule has 2 aliphatic rings. The van der Waals surface area contributed by atoms with Crippen LogP contribution in [0.2, 0.25) is 0 Å². The molecule has 0 atom stereocenters. The number of rotatable bonds is 2. The number of aryl methyl sites for hydroxylation is 1. The highest BCUT2D eigenvalue weighted by atomic mass is 16.5. The Morgan fingerprint density at radius 3 is 2.72 bits per heavy atom. The maximum absolute atomic E-state index is 11.6. The number of benzene rings is 1. The number of phenols is 1. The van der Waals surface area contributed by atoms with Crippen LogP contribution in [0.25, 0.3) is 0 Å². The molecule has 0 unspecified atom stereocenters. The van der Waals surface area contributed by atoms with Crippen LogP contribution in [0.5, 0.6) is 11.5 Å². The van der Waals surface area contributed by atoms with E-state index < -0.39 is 11.4 Å². The van der Waals surface area contributed by atoms with Gasteiger partial charge in [-0.15, -0.1) is 0 Å². The number of carboxylic acid groups (broad SMARTS) is 1. The largest absolute Gasteiger partial charge is 0.507 e. The standard InChI is InChI=1S/C14H16O4/c1-8-7-10-9(3-6-18-10)11(12(8)15)14(13(16)17)4-2-5-14/h7,15H,2-6H2,1H3,(H,16,17). The van der Waals surface area contributed by atoms with E-state index in [9.17, 15) is 15.0 Å². The smallest absolute Gasteiger partial charge is 0.314 e. The number of aromatic hydroxyl groups is 1. The SMILES string of the molecule is Cc1cc2c(c(C3(C(=O)O)CCC3)c1O)CCO2. The van der Waals surface area contributed by atoms with Crippen LogP contribution in [0.4, 0.5) is 0 Å². The van der Waals surface area contributed by atoms with E-state index in [1.807, 2.05) is 0 Å². The van der Waals surface area contributed by atoms with E-state index >= 15 is 0 Å². The van der Waals surface area contributed by atoms with Crippen LogP contribution in [0, 0.1) is 6.92 Å². The van der Waals surface area contributed by atoms with Gasteiger partial charge in [-0.3, -0.25) is 4.79 Å². The van der Waals surface area contributed by atoms with E-state index in [1.165, 1.54) is 0 Å². The summed E-state index contributed by atoms with van der Waals surface area (Å²) in [6, 6.07) is 1.80. The van der Waals surface area contributed by atoms with Gasteiger partial charge in [0.1, 0.15) is 11.5 Å². The van der Waals surface area contributed by atoms with Crippen LogP contribution in [0.3, 0.4) is 0 Å². The molecule has 2 N–H and O–H groups in total. The Morgan fingerprint density at radius 1 is 1.44 bits per heavy atom. The van der Waals surface area contributed by atoms with Gasteiger partial charge in [0.25, 0.3) is 0 Å². The van der Waals surface area contributed by atoms with Crippen molar-refractivity contribution in [2.75, 3.05) is 6.61 Å². The van der Waals surface area contributed by atoms with Crippen molar-refractivity contribution in [3.05, 3.63) is 22.8 Å². The number of fused-ring (bicyclic) bond motifs is 1. The summed E-state index contributed by atoms with van der Waals surface area (Å²) in [5.74, 6) is 0.0536. The molecule has 1 heterocycles. The summed E-state index contributed by atoms with van der Waals surface area (Å²) in [6.07, 6.45) is 2.79. The molecule has 1 aromatic carbocycles. The van der Waals surface area contributed by atoms with Gasteiger partial charge in [0.2, 0.25) is 0 Å². The Morgan fingerprint density at radius 2 is 2.17 bits per heavy atom. The summed E-state index contributed by atoms with van der Waals surface area (Å²) in [6.45, 7) is 2.36. The third kappa shape index (κ3) is 1.29. The van der Waals surface area contributed by atoms with Gasteiger partial charge in [0.05, 0.1) is 12.0 Å². The lowest BCUT2D eigenvalue weighted by Crippen LogP contribution is -2.43. The molecule has 0 spiro atoms. The van der Waals surface area contributed by atoms with Gasteiger partial charge >= 0.3 is 5.97 Å². The minimum atomic E-state index is -0.895. The monoisotopic (exact) mass is 248 g/mol. The van der Waals surface area contributed by atoms with Crippen molar-refractivity contribution < 1.29 is 19.7 Å². The fourth-order valence-electron chi connectivity index (χ4n) is 3.07. The molecule has 4 nitrogen and oxygen atoms in total. The highest BCUT2D eigenvalue weighted by molar-refractivity contribution is 5.85. The molecule has 18 heavy (non-hydrogen) atoms. The first kappa shape index (κ1) is 11.4. The number of carbonyl (C=O) groups is 1. The Hall–Kier alpha value is -1.71. The van der Waals surface area contributed by atoms with Crippen molar-refractivity contribution in [1.29, 1.82) is 0 Å². The molecule has 3 rings (SSSR count). The van der Waals surface area contributed by atoms with Crippen LogP contribution in [-0.4, -0.2) is 22.8 Å². The maximum atomic E-state index is 11.6. The van der Waals surface area contributed by atoms with Crippen molar-refractivity contribution in [1.82, 2.24) is 0 Å². The van der Waals surface area contributed by atoms with Crippen molar-refractivity contribution in [2.24, 2.45) is 0 Å². The summed E-state index contributed by atoms with van der Waals surface area (Å²) in [5.41, 5.74) is 1.29. The molecule has 96 valence electrons. The lowest BCUT2D eigenvalue weighted by atomic mass is 9.62. The molecule has 0 saturated heterocycles. The highest BCUT2D eigenvalue weighted by Crippen LogP contribution is 2.52. The van der Waals surface area contributed by atoms with Crippen LogP contribution in [0.1, 0.15) is 36.0 Å². The molecule has 1 aliphatic heterocycles. The van der Waals surface area contributed by atoms with Gasteiger partial charge in [0.15, 0.2) is 0 Å². The Bertz CT molecular complexity index is 529. The number of hydrogen-bond acceptors (Lipinski definition) is 3. The second kappa shape index (κ2) is 3.64. The van der Waals surface area contributed by atoms with Crippen LogP contribution in [0.15, 0.2) is 6.07 Å². The minimum absolute atomic E-state index is 0.140. The molecule has 4 heteroatoms. The van der Waals surface area contributed by atoms with Gasteiger partial charge < -0.3 is 14.9 Å². The van der Waals surface area contributed by atoms with Gasteiger partial charge in [-0.25, -0.2) is 0 Å². The summed E-state index contributed by atoms with van der Waals surface area (Å²) in [7, 11) is 0. The molecule has 1 fully saturated rings. The summed E-state index contributed by atoms with van der Waals surface area (Å²) in [4.78, 5) is 11.6. The molecule has 1 aromatic rings. The summed E-state index contributed by atoms with van der Waals surface area (Å²) < 4.78 is 5.51. The minimum Gasteiger partial charge on any atom is -0.507 e. The van der Waals surface area contributed by atoms with Crippen LogP contribution < -0.4 is 4.74 Å². The molecule has 0 radical (unpaired) electrons. The predicted octanol–water partition coefficient (Wildman–Crippen LogP) is 2.14. The summed E-state index contributed by atoms with van der Waals surface area (Å²) >= 11 is 0. The van der Waals surface area contributed by atoms with E-state index in [-0.39, 0.29) is 5.75 Å². The third-order valence-electron chi connectivity index (χ3n) is 4.26. The van der Waals surface area contributed by atoms with Gasteiger partial charge in [-0.2, -0.15) is 0 Å². The normalized spacial score (nSPS) is 19.8. The van der Waals surface area contributed by atoms with E-state index in [0.29, 0.717) is 37.0 Å². The number of hydrogen-bond donors (Lipinski definition) is 2. The number of aliphatic carboxylic acids is 1. The van der Waals surface area contributed by atoms with Crippen LogP contribution >= 0.6 is 0 Å². The van der Waals surface area contributed by atoms with Crippen molar-refractivity contribution in [2.45, 2.75) is 38.0 Å². The first-order valence-corrected chi connectivity index (χ1v) is 6.28. The molecule has 0 aromatic heterocycles. The topological polar surface area (TPSA) is 66.8 Å². The molecule has 1 saturated carbocycles. The number of phenolic OH excluding ortho intramolecular Hbond substituents is 1. The highest BCUT2D eigenvalue weighted by Gasteiger charge is 2.50. The van der Waals surface area contributed by atoms with E-state index in [4.69, 9.17) is 4.74 Å². The van der Waals surface area contributed by atoms with Crippen molar-refractivity contribution >= 4 is 5.97 Å². The van der Waals surface area contributed by atoms with Gasteiger partial charge in [-0.05, 0) is 31.4 Å². The van der Waals surface area contributed by atoms with Crippen molar-refractivity contribution in [3.63, 3.8) is 0 Å². The molecule has 0 bridgehead atoms. The fourth-order valence-corrected chi connectivity index (χ4v) is 3.07. The van der Waals surface area contributed by atoms with Crippen molar-refractivity contribution in [3.8, 4) is 11.5 Å². The van der Waals surface area contributed by atoms with E-state index in [2.05, 4.69) is 0 Å². The predicted molar refractivity (Wildman–Crippen MR) is 65.2 cm³/mol. The number of ether oxygens (including phenoxy) is 1. The lowest BCUT2D eigenvalue weighted by Gasteiger charge is -2.39. The second-order valence-electron chi connectivity index (χ2n) is 5.23. The Labute approximate surface area is 105 Å². The average molecular weight is 248 g/mol. The van der Waals surface area contributed by atoms with Gasteiger partial charge in [-0.1, -0.05) is 6.42 Å². The molecule has 0 amide bonds. The zero-order valence-corrected chi connectivity index (χ0v) is 10.3. The quantitative estimate of drug-likeness (QED) is 0.841. The first-order valence-electron chi connectivity index (χ1n) is 6.28. The average Bonchev–Trinajstić information content (AvgIpc) is 2.68. The summed E-state index contributed by atoms with van der Waals surface area (Å²) in [5, 5.41) is 19.8. The van der Waals surface area contributed by atoms with E-state index in [1.54, 1.807) is 13.0 Å². The molecular formula is C14H16O4. The Balaban J connectivity index is 2.25. The zero-order chi connectivity index (χ0) is 12.9. The fraction of sp³-hybridized carbons (Fsp3) is 0.500.